The number of carboxylic acids is 1. The molecule has 0 radical (unpaired) electrons. The molecule has 5 saturated heterocycles. The molecule has 33 atom stereocenters. The predicted molar refractivity (Wildman–Crippen MR) is 282 cm³/mol. The molecule has 9 fully saturated rings. The summed E-state index contributed by atoms with van der Waals surface area (Å²) in [6.07, 6.45) is -36.8. The lowest BCUT2D eigenvalue weighted by atomic mass is 9.32. The fourth-order valence-electron chi connectivity index (χ4n) is 17.6. The highest BCUT2D eigenvalue weighted by Crippen LogP contribution is 2.76. The van der Waals surface area contributed by atoms with Crippen LogP contribution in [0.2, 0.25) is 0 Å². The summed E-state index contributed by atoms with van der Waals surface area (Å²) in [5, 5.41) is 188. The minimum atomic E-state index is -2.08. The van der Waals surface area contributed by atoms with Crippen molar-refractivity contribution in [3.05, 3.63) is 11.6 Å². The molecular formula is C57H90O29. The summed E-state index contributed by atoms with van der Waals surface area (Å²) >= 11 is 0. The van der Waals surface area contributed by atoms with Crippen LogP contribution in [-0.4, -0.2) is 285 Å². The number of allylic oxidation sites excluding steroid dienone is 2. The van der Waals surface area contributed by atoms with Crippen LogP contribution in [0, 0.1) is 50.2 Å². The Hall–Kier alpha value is -2.32. The third kappa shape index (κ3) is 10.4. The van der Waals surface area contributed by atoms with E-state index >= 15 is 4.79 Å². The van der Waals surface area contributed by atoms with Gasteiger partial charge in [-0.25, -0.2) is 4.79 Å². The van der Waals surface area contributed by atoms with E-state index in [1.54, 1.807) is 6.92 Å². The highest BCUT2D eigenvalue weighted by Gasteiger charge is 2.75. The number of aliphatic hydroxyl groups is 16. The van der Waals surface area contributed by atoms with Crippen molar-refractivity contribution in [1.29, 1.82) is 0 Å². The number of fused-ring (bicyclic) bond motifs is 7. The maximum Gasteiger partial charge on any atom is 0.335 e. The SMILES string of the molecule is C[C@H]1O[C@H](O[C@@H]2[C@@H](OC(=O)[C@@]34CCC(C)(C)C[C@@H]3C3=CCC5[C@]6(C)C[C@@H](O)[C@@H](O[C@H]7O[C@@H](C(=O)O)[C@H](O)[C@@H](O)[C@@H]7O)[C@](C)(CO)C6[C@@H](O)C[C@]5(C)[C@@]3(C)C[C@@H]4O)O[C@H](CO)[C@H]2O)[C@@H](O)[C@@H](O)[C@@H]1O[C@H]1OC[C@H](O)[C@@H](O[C@@H]2OC[C@@](O)(CO)[C@@H]2O)[C@@H]1O. The zero-order valence-electron chi connectivity index (χ0n) is 49.2. The topological polar surface area (TPSA) is 470 Å². The Kier molecular flexibility index (Phi) is 18.3. The zero-order chi connectivity index (χ0) is 63.1. The van der Waals surface area contributed by atoms with Gasteiger partial charge < -0.3 is 134 Å². The van der Waals surface area contributed by atoms with Crippen LogP contribution < -0.4 is 0 Å². The molecule has 10 rings (SSSR count). The number of rotatable bonds is 14. The van der Waals surface area contributed by atoms with Gasteiger partial charge in [0.15, 0.2) is 37.4 Å². The van der Waals surface area contributed by atoms with Gasteiger partial charge in [-0.2, -0.15) is 0 Å². The first-order chi connectivity index (χ1) is 40.1. The number of esters is 1. The molecule has 17 N–H and O–H groups in total. The Balaban J connectivity index is 0.869. The summed E-state index contributed by atoms with van der Waals surface area (Å²) < 4.78 is 58.2. The molecule has 0 spiro atoms. The molecule has 86 heavy (non-hydrogen) atoms. The van der Waals surface area contributed by atoms with E-state index in [4.69, 9.17) is 47.4 Å². The van der Waals surface area contributed by atoms with Gasteiger partial charge >= 0.3 is 11.9 Å². The van der Waals surface area contributed by atoms with Gasteiger partial charge in [-0.3, -0.25) is 4.79 Å². The van der Waals surface area contributed by atoms with Crippen molar-refractivity contribution < 1.29 is 144 Å². The molecule has 29 heteroatoms. The molecule has 5 aliphatic carbocycles. The predicted octanol–water partition coefficient (Wildman–Crippen LogP) is -5.29. The van der Waals surface area contributed by atoms with E-state index in [1.165, 1.54) is 6.92 Å². The number of carboxylic acid groups (broad SMARTS) is 1. The van der Waals surface area contributed by atoms with Crippen LogP contribution in [0.1, 0.15) is 93.4 Å². The largest absolute Gasteiger partial charge is 0.479 e. The Morgan fingerprint density at radius 1 is 0.628 bits per heavy atom. The maximum absolute atomic E-state index is 15.4. The van der Waals surface area contributed by atoms with Crippen molar-refractivity contribution in [3.63, 3.8) is 0 Å². The van der Waals surface area contributed by atoms with Crippen LogP contribution in [0.3, 0.4) is 0 Å². The summed E-state index contributed by atoms with van der Waals surface area (Å²) in [4.78, 5) is 27.4. The molecule has 10 aliphatic rings. The first-order valence-electron chi connectivity index (χ1n) is 29.8. The van der Waals surface area contributed by atoms with E-state index in [0.717, 1.165) is 5.57 Å². The Morgan fingerprint density at radius 2 is 1.28 bits per heavy atom. The molecule has 0 aromatic rings. The van der Waals surface area contributed by atoms with Crippen molar-refractivity contribution in [3.8, 4) is 0 Å². The Morgan fingerprint density at radius 3 is 1.92 bits per heavy atom. The van der Waals surface area contributed by atoms with Crippen LogP contribution in [0.15, 0.2) is 11.6 Å². The van der Waals surface area contributed by atoms with Crippen LogP contribution in [0.4, 0.5) is 0 Å². The van der Waals surface area contributed by atoms with Crippen LogP contribution in [0.5, 0.6) is 0 Å². The number of ether oxygens (including phenoxy) is 10. The molecule has 0 bridgehead atoms. The highest BCUT2D eigenvalue weighted by atomic mass is 16.8. The summed E-state index contributed by atoms with van der Waals surface area (Å²) in [7, 11) is 0. The maximum atomic E-state index is 15.4. The van der Waals surface area contributed by atoms with Crippen LogP contribution >= 0.6 is 0 Å². The molecule has 29 nitrogen and oxygen atoms in total. The van der Waals surface area contributed by atoms with Crippen molar-refractivity contribution in [2.75, 3.05) is 33.0 Å². The lowest BCUT2D eigenvalue weighted by Crippen LogP contribution is -2.73. The standard InChI is InChI=1S/C57H90O29/c1-21-37(81-45-36(71)38(26(63)17-77-45)82-49-42(72)56(76,19-60)20-78-49)33(68)35(70)46(79-21)84-40-30(65)27(16-58)80-48(40)86-50(75)57-11-10-51(2,3)12-23(57)22-8-9-28-52(4)13-25(62)43(85-47-34(69)31(66)32(67)39(83-47)44(73)74)53(5,18-59)41(52)24(61)14-55(28,7)54(22,6)15-29(57)64/h8,21,23-43,45-49,58-72,76H,9-20H2,1-7H3,(H,73,74)/t21-,23-,24+,25-,26+,27-,28?,29+,30-,31-,32-,33-,34+,35+,36+,37-,38-,39-,40+,41?,42-,43-,45-,46-,47-,48-,49+,52+,53-,54+,55+,56+,57+/m1/s1. The fraction of sp³-hybridized carbons (Fsp3) is 0.930. The lowest BCUT2D eigenvalue weighted by molar-refractivity contribution is -0.360. The number of carbonyl (C=O) groups is 2. The van der Waals surface area contributed by atoms with Crippen molar-refractivity contribution in [2.45, 2.75) is 246 Å². The van der Waals surface area contributed by atoms with Crippen LogP contribution in [-0.2, 0) is 57.0 Å². The van der Waals surface area contributed by atoms with Gasteiger partial charge in [0, 0.05) is 11.3 Å². The number of aliphatic hydroxyl groups excluding tert-OH is 15. The van der Waals surface area contributed by atoms with Gasteiger partial charge in [0.05, 0.1) is 63.6 Å². The monoisotopic (exact) mass is 1240 g/mol. The third-order valence-corrected chi connectivity index (χ3v) is 22.5. The Bertz CT molecular complexity index is 2490. The molecule has 0 aromatic carbocycles. The summed E-state index contributed by atoms with van der Waals surface area (Å²) in [5.41, 5.74) is -7.61. The molecule has 4 saturated carbocycles. The molecule has 0 amide bonds. The van der Waals surface area contributed by atoms with Crippen LogP contribution in [0.25, 0.3) is 0 Å². The average Bonchev–Trinajstić information content (AvgIpc) is 0.762. The van der Waals surface area contributed by atoms with Gasteiger partial charge in [0.25, 0.3) is 0 Å². The third-order valence-electron chi connectivity index (χ3n) is 22.5. The first kappa shape index (κ1) is 66.6. The van der Waals surface area contributed by atoms with Crippen molar-refractivity contribution in [2.24, 2.45) is 50.2 Å². The molecule has 5 heterocycles. The quantitative estimate of drug-likeness (QED) is 0.0439. The minimum absolute atomic E-state index is 0.0224. The second-order valence-electron chi connectivity index (χ2n) is 28.1. The molecule has 2 unspecified atom stereocenters. The van der Waals surface area contributed by atoms with E-state index in [0.29, 0.717) is 19.3 Å². The summed E-state index contributed by atoms with van der Waals surface area (Å²) in [6, 6.07) is 0. The fourth-order valence-corrected chi connectivity index (χ4v) is 17.6. The van der Waals surface area contributed by atoms with E-state index in [9.17, 15) is 91.6 Å². The summed E-state index contributed by atoms with van der Waals surface area (Å²) in [5.74, 6) is -4.44. The number of hydrogen-bond donors (Lipinski definition) is 17. The van der Waals surface area contributed by atoms with E-state index in [-0.39, 0.29) is 31.6 Å². The van der Waals surface area contributed by atoms with Crippen molar-refractivity contribution in [1.82, 2.24) is 0 Å². The van der Waals surface area contributed by atoms with E-state index in [1.807, 2.05) is 20.8 Å². The normalized spacial score (nSPS) is 55.3. The van der Waals surface area contributed by atoms with Gasteiger partial charge in [0.1, 0.15) is 84.3 Å². The van der Waals surface area contributed by atoms with Gasteiger partial charge in [-0.1, -0.05) is 53.2 Å². The van der Waals surface area contributed by atoms with Gasteiger partial charge in [-0.15, -0.1) is 0 Å². The van der Waals surface area contributed by atoms with Gasteiger partial charge in [-0.05, 0) is 85.4 Å². The zero-order valence-corrected chi connectivity index (χ0v) is 49.2. The first-order valence-corrected chi connectivity index (χ1v) is 29.8. The number of hydrogen-bond acceptors (Lipinski definition) is 28. The smallest absolute Gasteiger partial charge is 0.335 e. The Labute approximate surface area is 495 Å². The van der Waals surface area contributed by atoms with E-state index in [2.05, 4.69) is 19.9 Å². The van der Waals surface area contributed by atoms with Crippen molar-refractivity contribution >= 4 is 11.9 Å². The molecule has 0 aromatic heterocycles. The second kappa shape index (κ2) is 23.7. The number of carbonyl (C=O) groups excluding carboxylic acids is 1. The number of aliphatic carboxylic acids is 1. The highest BCUT2D eigenvalue weighted by molar-refractivity contribution is 5.80. The average molecular weight is 1240 g/mol. The lowest BCUT2D eigenvalue weighted by Gasteiger charge is -2.73. The second-order valence-corrected chi connectivity index (χ2v) is 28.1. The summed E-state index contributed by atoms with van der Waals surface area (Å²) in [6.45, 7) is 9.72. The molecule has 5 aliphatic heterocycles. The van der Waals surface area contributed by atoms with Gasteiger partial charge in [0.2, 0.25) is 6.29 Å². The van der Waals surface area contributed by atoms with E-state index < -0.39 is 242 Å². The minimum Gasteiger partial charge on any atom is -0.479 e. The molecule has 492 valence electrons. The molecular weight excluding hydrogens is 1150 g/mol.